The van der Waals surface area contributed by atoms with Crippen LogP contribution in [0.2, 0.25) is 0 Å². The summed E-state index contributed by atoms with van der Waals surface area (Å²) in [6, 6.07) is -0.366. The molecular weight excluding hydrogens is 378 g/mol. The third-order valence-electron chi connectivity index (χ3n) is 4.92. The second kappa shape index (κ2) is 5.79. The minimum atomic E-state index is -3.10. The molecule has 8 nitrogen and oxygen atoms in total. The highest BCUT2D eigenvalue weighted by Crippen LogP contribution is 2.34. The Morgan fingerprint density at radius 2 is 1.93 bits per heavy atom. The van der Waals surface area contributed by atoms with Gasteiger partial charge in [-0.1, -0.05) is 20.8 Å². The van der Waals surface area contributed by atoms with Crippen LogP contribution in [0, 0.1) is 0 Å². The number of alkyl halides is 2. The first-order valence-corrected chi connectivity index (χ1v) is 10.7. The van der Waals surface area contributed by atoms with Crippen molar-refractivity contribution >= 4 is 26.8 Å². The van der Waals surface area contributed by atoms with Crippen molar-refractivity contribution in [3.05, 3.63) is 5.82 Å². The van der Waals surface area contributed by atoms with E-state index in [1.54, 1.807) is 0 Å². The van der Waals surface area contributed by atoms with E-state index in [1.165, 1.54) is 9.70 Å². The lowest BCUT2D eigenvalue weighted by Gasteiger charge is -2.21. The maximum atomic E-state index is 13.8. The average molecular weight is 400 g/mol. The van der Waals surface area contributed by atoms with Gasteiger partial charge in [0.1, 0.15) is 5.82 Å². The number of hydrogen-bond acceptors (Lipinski definition) is 7. The quantitative estimate of drug-likeness (QED) is 0.758. The van der Waals surface area contributed by atoms with Crippen molar-refractivity contribution in [2.24, 2.45) is 0 Å². The second-order valence-corrected chi connectivity index (χ2v) is 10.6. The SMILES string of the molecule is CC(C)(C)c1nc(N2CCC(F)(F)C2)c2nn(C3CCS(=O)(=O)C3)nc2n1. The van der Waals surface area contributed by atoms with Gasteiger partial charge in [0.15, 0.2) is 21.2 Å². The molecule has 11 heteroatoms. The Balaban J connectivity index is 1.82. The molecule has 2 fully saturated rings. The molecule has 2 saturated heterocycles. The van der Waals surface area contributed by atoms with Crippen LogP contribution in [0.3, 0.4) is 0 Å². The molecule has 27 heavy (non-hydrogen) atoms. The molecule has 0 N–H and O–H groups in total. The van der Waals surface area contributed by atoms with E-state index >= 15 is 0 Å². The van der Waals surface area contributed by atoms with Crippen molar-refractivity contribution in [2.75, 3.05) is 29.5 Å². The fraction of sp³-hybridized carbons (Fsp3) is 0.750. The Morgan fingerprint density at radius 1 is 1.19 bits per heavy atom. The first-order chi connectivity index (χ1) is 12.4. The van der Waals surface area contributed by atoms with E-state index in [1.807, 2.05) is 20.8 Å². The maximum absolute atomic E-state index is 13.8. The van der Waals surface area contributed by atoms with Crippen molar-refractivity contribution in [1.82, 2.24) is 25.0 Å². The summed E-state index contributed by atoms with van der Waals surface area (Å²) in [6.45, 7) is 5.56. The Kier molecular flexibility index (Phi) is 3.96. The summed E-state index contributed by atoms with van der Waals surface area (Å²) in [5.41, 5.74) is 0.250. The van der Waals surface area contributed by atoms with Crippen molar-refractivity contribution in [3.8, 4) is 0 Å². The molecule has 2 aromatic rings. The fourth-order valence-corrected chi connectivity index (χ4v) is 5.09. The van der Waals surface area contributed by atoms with Crippen LogP contribution in [0.25, 0.3) is 11.2 Å². The van der Waals surface area contributed by atoms with Gasteiger partial charge >= 0.3 is 0 Å². The molecule has 0 aromatic carbocycles. The van der Waals surface area contributed by atoms with Gasteiger partial charge in [-0.05, 0) is 6.42 Å². The van der Waals surface area contributed by atoms with Gasteiger partial charge in [0.25, 0.3) is 5.92 Å². The highest BCUT2D eigenvalue weighted by molar-refractivity contribution is 7.91. The lowest BCUT2D eigenvalue weighted by atomic mass is 9.96. The molecule has 2 aliphatic heterocycles. The van der Waals surface area contributed by atoms with Crippen molar-refractivity contribution in [3.63, 3.8) is 0 Å². The molecule has 2 aromatic heterocycles. The van der Waals surface area contributed by atoms with Gasteiger partial charge < -0.3 is 4.90 Å². The summed E-state index contributed by atoms with van der Waals surface area (Å²) in [6.07, 6.45) is 0.193. The van der Waals surface area contributed by atoms with Crippen LogP contribution < -0.4 is 4.90 Å². The molecule has 1 unspecified atom stereocenters. The third kappa shape index (κ3) is 3.48. The largest absolute Gasteiger partial charge is 0.348 e. The lowest BCUT2D eigenvalue weighted by Crippen LogP contribution is -2.27. The van der Waals surface area contributed by atoms with E-state index in [0.717, 1.165) is 0 Å². The number of hydrogen-bond donors (Lipinski definition) is 0. The van der Waals surface area contributed by atoms with Gasteiger partial charge in [-0.15, -0.1) is 10.2 Å². The Morgan fingerprint density at radius 3 is 2.48 bits per heavy atom. The number of nitrogens with zero attached hydrogens (tertiary/aromatic N) is 6. The van der Waals surface area contributed by atoms with Gasteiger partial charge in [-0.25, -0.2) is 27.2 Å². The standard InChI is InChI=1S/C16H22F2N6O2S/c1-15(2,3)14-19-12-11(13(20-14)23-6-5-16(17,18)9-23)21-24(22-12)10-4-7-27(25,26)8-10/h10H,4-9H2,1-3H3. The van der Waals surface area contributed by atoms with Gasteiger partial charge in [-0.2, -0.15) is 4.80 Å². The molecule has 4 heterocycles. The summed E-state index contributed by atoms with van der Waals surface area (Å²) < 4.78 is 51.1. The minimum absolute atomic E-state index is 0.0232. The van der Waals surface area contributed by atoms with E-state index in [9.17, 15) is 17.2 Å². The first-order valence-electron chi connectivity index (χ1n) is 8.92. The van der Waals surface area contributed by atoms with E-state index < -0.39 is 27.7 Å². The second-order valence-electron chi connectivity index (χ2n) is 8.40. The minimum Gasteiger partial charge on any atom is -0.348 e. The van der Waals surface area contributed by atoms with Crippen LogP contribution in [0.4, 0.5) is 14.6 Å². The predicted molar refractivity (Wildman–Crippen MR) is 95.9 cm³/mol. The van der Waals surface area contributed by atoms with Gasteiger partial charge in [0.05, 0.1) is 24.1 Å². The summed E-state index contributed by atoms with van der Waals surface area (Å²) in [5.74, 6) is -1.86. The normalized spacial score (nSPS) is 24.8. The monoisotopic (exact) mass is 400 g/mol. The molecule has 2 aliphatic rings. The Bertz CT molecular complexity index is 998. The summed E-state index contributed by atoms with van der Waals surface area (Å²) in [4.78, 5) is 11.9. The highest BCUT2D eigenvalue weighted by Gasteiger charge is 2.40. The van der Waals surface area contributed by atoms with Crippen LogP contribution in [0.1, 0.15) is 45.5 Å². The van der Waals surface area contributed by atoms with Crippen LogP contribution in [0.5, 0.6) is 0 Å². The van der Waals surface area contributed by atoms with Crippen LogP contribution in [-0.2, 0) is 15.3 Å². The van der Waals surface area contributed by atoms with Gasteiger partial charge in [-0.3, -0.25) is 0 Å². The number of aromatic nitrogens is 5. The highest BCUT2D eigenvalue weighted by atomic mass is 32.2. The molecule has 1 atom stereocenters. The van der Waals surface area contributed by atoms with Crippen molar-refractivity contribution < 1.29 is 17.2 Å². The molecule has 0 saturated carbocycles. The zero-order chi connectivity index (χ0) is 19.6. The molecular formula is C16H22F2N6O2S. The van der Waals surface area contributed by atoms with E-state index in [2.05, 4.69) is 20.2 Å². The predicted octanol–water partition coefficient (Wildman–Crippen LogP) is 1.72. The van der Waals surface area contributed by atoms with Gasteiger partial charge in [0, 0.05) is 18.4 Å². The number of rotatable bonds is 2. The van der Waals surface area contributed by atoms with Crippen LogP contribution in [-0.4, -0.2) is 63.9 Å². The Hall–Kier alpha value is -1.91. The molecule has 0 bridgehead atoms. The smallest absolute Gasteiger partial charge is 0.266 e. The van der Waals surface area contributed by atoms with Crippen molar-refractivity contribution in [1.29, 1.82) is 0 Å². The summed E-state index contributed by atoms with van der Waals surface area (Å²) >= 11 is 0. The number of sulfone groups is 1. The molecule has 0 spiro atoms. The van der Waals surface area contributed by atoms with Crippen LogP contribution in [0.15, 0.2) is 0 Å². The van der Waals surface area contributed by atoms with E-state index in [0.29, 0.717) is 29.2 Å². The molecule has 148 valence electrons. The lowest BCUT2D eigenvalue weighted by molar-refractivity contribution is 0.0257. The summed E-state index contributed by atoms with van der Waals surface area (Å²) in [7, 11) is -3.10. The first kappa shape index (κ1) is 18.5. The number of halogens is 2. The van der Waals surface area contributed by atoms with E-state index in [-0.39, 0.29) is 30.5 Å². The van der Waals surface area contributed by atoms with E-state index in [4.69, 9.17) is 0 Å². The zero-order valence-electron chi connectivity index (χ0n) is 15.5. The molecule has 0 aliphatic carbocycles. The topological polar surface area (TPSA) is 93.9 Å². The summed E-state index contributed by atoms with van der Waals surface area (Å²) in [5, 5.41) is 8.78. The number of anilines is 1. The van der Waals surface area contributed by atoms with Crippen LogP contribution >= 0.6 is 0 Å². The van der Waals surface area contributed by atoms with Crippen molar-refractivity contribution in [2.45, 2.75) is 51.0 Å². The average Bonchev–Trinajstić information content (AvgIpc) is 3.21. The number of fused-ring (bicyclic) bond motifs is 1. The Labute approximate surface area is 155 Å². The maximum Gasteiger partial charge on any atom is 0.266 e. The third-order valence-corrected chi connectivity index (χ3v) is 6.67. The molecule has 0 amide bonds. The zero-order valence-corrected chi connectivity index (χ0v) is 16.3. The molecule has 4 rings (SSSR count). The fourth-order valence-electron chi connectivity index (χ4n) is 3.41. The molecule has 0 radical (unpaired) electrons. The van der Waals surface area contributed by atoms with Gasteiger partial charge in [0.2, 0.25) is 5.65 Å².